The van der Waals surface area contributed by atoms with E-state index >= 15 is 0 Å². The first-order chi connectivity index (χ1) is 14.3. The Bertz CT molecular complexity index is 614. The number of amides is 3. The average molecular weight is 463 g/mol. The molecule has 10 nitrogen and oxygen atoms in total. The SMILES string of the molecule is CSCCC(NC(=O)C(N)CC(C)C)C(=O)NC(C(=O)NC(C(=O)O)C(C)C)C(C)O. The van der Waals surface area contributed by atoms with Crippen LogP contribution in [0.4, 0.5) is 0 Å². The summed E-state index contributed by atoms with van der Waals surface area (Å²) in [6.45, 7) is 8.42. The summed E-state index contributed by atoms with van der Waals surface area (Å²) in [4.78, 5) is 49.1. The standard InChI is InChI=1S/C20H38N4O6S/c1-10(2)9-13(21)17(26)22-14(7-8-31-6)18(27)24-16(12(5)25)19(28)23-15(11(3)4)20(29)30/h10-16,25H,7-9,21H2,1-6H3,(H,22,26)(H,23,28)(H,24,27)(H,29,30). The Morgan fingerprint density at radius 1 is 0.903 bits per heavy atom. The van der Waals surface area contributed by atoms with E-state index in [1.165, 1.54) is 18.7 Å². The summed E-state index contributed by atoms with van der Waals surface area (Å²) in [6, 6.07) is -4.28. The van der Waals surface area contributed by atoms with Gasteiger partial charge in [0.2, 0.25) is 17.7 Å². The quantitative estimate of drug-likeness (QED) is 0.204. The molecule has 0 radical (unpaired) electrons. The highest BCUT2D eigenvalue weighted by atomic mass is 32.2. The molecule has 0 aliphatic rings. The van der Waals surface area contributed by atoms with Crippen LogP contribution in [0.2, 0.25) is 0 Å². The molecule has 3 amide bonds. The summed E-state index contributed by atoms with van der Waals surface area (Å²) in [6.07, 6.45) is 1.31. The lowest BCUT2D eigenvalue weighted by Crippen LogP contribution is -2.60. The van der Waals surface area contributed by atoms with Crippen LogP contribution in [0.1, 0.15) is 47.5 Å². The predicted octanol–water partition coefficient (Wildman–Crippen LogP) is -0.311. The van der Waals surface area contributed by atoms with E-state index in [4.69, 9.17) is 5.73 Å². The van der Waals surface area contributed by atoms with Gasteiger partial charge in [-0.3, -0.25) is 14.4 Å². The fraction of sp³-hybridized carbons (Fsp3) is 0.800. The predicted molar refractivity (Wildman–Crippen MR) is 120 cm³/mol. The average Bonchev–Trinajstić information content (AvgIpc) is 2.65. The van der Waals surface area contributed by atoms with Gasteiger partial charge in [-0.25, -0.2) is 4.79 Å². The summed E-state index contributed by atoms with van der Waals surface area (Å²) >= 11 is 1.48. The van der Waals surface area contributed by atoms with E-state index in [9.17, 15) is 29.4 Å². The van der Waals surface area contributed by atoms with Crippen molar-refractivity contribution < 1.29 is 29.4 Å². The van der Waals surface area contributed by atoms with Crippen LogP contribution >= 0.6 is 11.8 Å². The molecular formula is C20H38N4O6S. The molecule has 0 rings (SSSR count). The van der Waals surface area contributed by atoms with Crippen LogP contribution in [0.15, 0.2) is 0 Å². The molecule has 7 N–H and O–H groups in total. The summed E-state index contributed by atoms with van der Waals surface area (Å²) in [5.74, 6) is -2.80. The first-order valence-electron chi connectivity index (χ1n) is 10.4. The highest BCUT2D eigenvalue weighted by molar-refractivity contribution is 7.98. The number of rotatable bonds is 14. The second-order valence-corrected chi connectivity index (χ2v) is 9.36. The van der Waals surface area contributed by atoms with Gasteiger partial charge >= 0.3 is 5.97 Å². The van der Waals surface area contributed by atoms with Crippen molar-refractivity contribution in [3.8, 4) is 0 Å². The monoisotopic (exact) mass is 462 g/mol. The normalized spacial score (nSPS) is 16.2. The van der Waals surface area contributed by atoms with Crippen molar-refractivity contribution in [2.45, 2.75) is 77.7 Å². The molecule has 0 aromatic rings. The molecule has 0 heterocycles. The van der Waals surface area contributed by atoms with Crippen LogP contribution in [0.3, 0.4) is 0 Å². The summed E-state index contributed by atoms with van der Waals surface area (Å²) < 4.78 is 0. The van der Waals surface area contributed by atoms with E-state index in [0.717, 1.165) is 0 Å². The molecule has 11 heteroatoms. The van der Waals surface area contributed by atoms with Gasteiger partial charge in [-0.15, -0.1) is 0 Å². The Labute approximate surface area is 188 Å². The molecule has 5 unspecified atom stereocenters. The largest absolute Gasteiger partial charge is 0.480 e. The Hall–Kier alpha value is -1.85. The molecule has 0 spiro atoms. The van der Waals surface area contributed by atoms with Crippen molar-refractivity contribution in [3.63, 3.8) is 0 Å². The number of aliphatic hydroxyl groups excluding tert-OH is 1. The summed E-state index contributed by atoms with van der Waals surface area (Å²) in [5.41, 5.74) is 5.90. The fourth-order valence-electron chi connectivity index (χ4n) is 2.81. The molecule has 0 bridgehead atoms. The third-order valence-electron chi connectivity index (χ3n) is 4.60. The Morgan fingerprint density at radius 2 is 1.45 bits per heavy atom. The molecule has 31 heavy (non-hydrogen) atoms. The topological polar surface area (TPSA) is 171 Å². The summed E-state index contributed by atoms with van der Waals surface area (Å²) in [5, 5.41) is 26.7. The van der Waals surface area contributed by atoms with Gasteiger partial charge in [0.05, 0.1) is 12.1 Å². The zero-order valence-corrected chi connectivity index (χ0v) is 20.0. The first-order valence-corrected chi connectivity index (χ1v) is 11.8. The van der Waals surface area contributed by atoms with Gasteiger partial charge in [0.25, 0.3) is 0 Å². The van der Waals surface area contributed by atoms with E-state index in [2.05, 4.69) is 16.0 Å². The molecule has 0 fully saturated rings. The minimum absolute atomic E-state index is 0.200. The fourth-order valence-corrected chi connectivity index (χ4v) is 3.29. The van der Waals surface area contributed by atoms with Crippen molar-refractivity contribution in [3.05, 3.63) is 0 Å². The van der Waals surface area contributed by atoms with Crippen molar-refractivity contribution in [2.75, 3.05) is 12.0 Å². The maximum absolute atomic E-state index is 12.8. The molecule has 0 saturated carbocycles. The van der Waals surface area contributed by atoms with E-state index in [-0.39, 0.29) is 5.92 Å². The lowest BCUT2D eigenvalue weighted by Gasteiger charge is -2.27. The number of thioether (sulfide) groups is 1. The number of carboxylic acids is 1. The number of carbonyl (C=O) groups excluding carboxylic acids is 3. The number of carboxylic acid groups (broad SMARTS) is 1. The van der Waals surface area contributed by atoms with Gasteiger partial charge in [0.15, 0.2) is 0 Å². The number of hydrogen-bond acceptors (Lipinski definition) is 7. The van der Waals surface area contributed by atoms with Crippen LogP contribution in [-0.2, 0) is 19.2 Å². The van der Waals surface area contributed by atoms with E-state index < -0.39 is 59.9 Å². The van der Waals surface area contributed by atoms with E-state index in [1.54, 1.807) is 13.8 Å². The Morgan fingerprint density at radius 3 is 1.87 bits per heavy atom. The third kappa shape index (κ3) is 10.8. The van der Waals surface area contributed by atoms with Gasteiger partial charge in [-0.2, -0.15) is 11.8 Å². The highest BCUT2D eigenvalue weighted by Gasteiger charge is 2.33. The molecule has 5 atom stereocenters. The molecule has 0 aromatic carbocycles. The second-order valence-electron chi connectivity index (χ2n) is 8.37. The maximum atomic E-state index is 12.8. The van der Waals surface area contributed by atoms with Gasteiger partial charge < -0.3 is 31.9 Å². The number of hydrogen-bond donors (Lipinski definition) is 6. The van der Waals surface area contributed by atoms with Gasteiger partial charge in [-0.05, 0) is 43.6 Å². The molecule has 0 aromatic heterocycles. The van der Waals surface area contributed by atoms with Gasteiger partial charge in [0.1, 0.15) is 18.1 Å². The lowest BCUT2D eigenvalue weighted by atomic mass is 10.0. The Balaban J connectivity index is 5.36. The molecule has 0 aliphatic heterocycles. The number of carbonyl (C=O) groups is 4. The molecule has 180 valence electrons. The van der Waals surface area contributed by atoms with E-state index in [1.807, 2.05) is 20.1 Å². The number of aliphatic hydroxyl groups is 1. The maximum Gasteiger partial charge on any atom is 0.326 e. The van der Waals surface area contributed by atoms with Crippen LogP contribution in [0, 0.1) is 11.8 Å². The Kier molecular flexibility index (Phi) is 13.4. The van der Waals surface area contributed by atoms with Gasteiger partial charge in [-0.1, -0.05) is 27.7 Å². The van der Waals surface area contributed by atoms with E-state index in [0.29, 0.717) is 18.6 Å². The van der Waals surface area contributed by atoms with Crippen molar-refractivity contribution in [1.29, 1.82) is 0 Å². The minimum Gasteiger partial charge on any atom is -0.480 e. The third-order valence-corrected chi connectivity index (χ3v) is 5.24. The zero-order valence-electron chi connectivity index (χ0n) is 19.2. The van der Waals surface area contributed by atoms with Crippen molar-refractivity contribution >= 4 is 35.5 Å². The molecule has 0 saturated heterocycles. The number of nitrogens with one attached hydrogen (secondary N) is 3. The second kappa shape index (κ2) is 14.3. The highest BCUT2D eigenvalue weighted by Crippen LogP contribution is 2.07. The van der Waals surface area contributed by atoms with Crippen LogP contribution < -0.4 is 21.7 Å². The number of nitrogens with two attached hydrogens (primary N) is 1. The van der Waals surface area contributed by atoms with Crippen molar-refractivity contribution in [2.24, 2.45) is 17.6 Å². The van der Waals surface area contributed by atoms with Crippen LogP contribution in [-0.4, -0.2) is 76.2 Å². The number of aliphatic carboxylic acids is 1. The minimum atomic E-state index is -1.38. The smallest absolute Gasteiger partial charge is 0.326 e. The molecule has 0 aliphatic carbocycles. The first kappa shape index (κ1) is 29.1. The zero-order chi connectivity index (χ0) is 24.3. The lowest BCUT2D eigenvalue weighted by molar-refractivity contribution is -0.144. The van der Waals surface area contributed by atoms with Crippen LogP contribution in [0.25, 0.3) is 0 Å². The van der Waals surface area contributed by atoms with Gasteiger partial charge in [0, 0.05) is 0 Å². The molecular weight excluding hydrogens is 424 g/mol. The van der Waals surface area contributed by atoms with Crippen LogP contribution in [0.5, 0.6) is 0 Å². The summed E-state index contributed by atoms with van der Waals surface area (Å²) in [7, 11) is 0. The van der Waals surface area contributed by atoms with Crippen molar-refractivity contribution in [1.82, 2.24) is 16.0 Å².